The predicted octanol–water partition coefficient (Wildman–Crippen LogP) is 4.45. The van der Waals surface area contributed by atoms with Gasteiger partial charge in [-0.2, -0.15) is 0 Å². The highest BCUT2D eigenvalue weighted by Crippen LogP contribution is 2.60. The lowest BCUT2D eigenvalue weighted by Gasteiger charge is -2.24. The number of hydrogen-bond donors (Lipinski definition) is 3. The number of amides is 1. The van der Waals surface area contributed by atoms with Gasteiger partial charge in [-0.3, -0.25) is 0 Å². The van der Waals surface area contributed by atoms with Gasteiger partial charge in [-0.05, 0) is 64.2 Å². The van der Waals surface area contributed by atoms with Gasteiger partial charge >= 0.3 is 13.8 Å². The van der Waals surface area contributed by atoms with E-state index in [1.54, 1.807) is 12.1 Å². The van der Waals surface area contributed by atoms with E-state index in [2.05, 4.69) is 5.32 Å². The van der Waals surface area contributed by atoms with Crippen molar-refractivity contribution in [2.45, 2.75) is 52.1 Å². The molecule has 0 radical (unpaired) electrons. The summed E-state index contributed by atoms with van der Waals surface area (Å²) in [7, 11) is -3.23. The van der Waals surface area contributed by atoms with E-state index >= 15 is 0 Å². The highest BCUT2D eigenvalue weighted by atomic mass is 31.2. The van der Waals surface area contributed by atoms with Crippen LogP contribution in [0.25, 0.3) is 0 Å². The molecule has 1 aliphatic carbocycles. The molecular formula is C20H31NO5P+. The highest BCUT2D eigenvalue weighted by molar-refractivity contribution is 7.68. The van der Waals surface area contributed by atoms with Crippen molar-refractivity contribution in [2.75, 3.05) is 12.9 Å². The van der Waals surface area contributed by atoms with E-state index in [1.165, 1.54) is 0 Å². The second-order valence-corrected chi connectivity index (χ2v) is 10.2. The van der Waals surface area contributed by atoms with Crippen molar-refractivity contribution in [3.8, 4) is 5.75 Å². The summed E-state index contributed by atoms with van der Waals surface area (Å²) in [6.45, 7) is 6.06. The molecule has 0 heterocycles. The van der Waals surface area contributed by atoms with Crippen molar-refractivity contribution in [1.29, 1.82) is 0 Å². The Kier molecular flexibility index (Phi) is 7.66. The minimum atomic E-state index is -3.23. The van der Waals surface area contributed by atoms with E-state index in [4.69, 9.17) is 9.47 Å². The number of rotatable bonds is 7. The number of alkyl carbamates (subject to hydrolysis) is 1. The zero-order chi connectivity index (χ0) is 19.9. The fraction of sp³-hybridized carbons (Fsp3) is 0.550. The Morgan fingerprint density at radius 3 is 2.56 bits per heavy atom. The highest BCUT2D eigenvalue weighted by Gasteiger charge is 2.41. The van der Waals surface area contributed by atoms with Gasteiger partial charge in [0.1, 0.15) is 16.7 Å². The van der Waals surface area contributed by atoms with Crippen molar-refractivity contribution >= 4 is 13.8 Å². The van der Waals surface area contributed by atoms with Gasteiger partial charge in [0.2, 0.25) is 0 Å². The minimum Gasteiger partial charge on any atom is -0.453 e. The van der Waals surface area contributed by atoms with Crippen molar-refractivity contribution < 1.29 is 24.1 Å². The van der Waals surface area contributed by atoms with Gasteiger partial charge in [0.05, 0.1) is 0 Å². The standard InChI is InChI=1S/C20H30NO5P/c1-20(2,3)26-19(22)21-14-13-16-9-11-18(12-10-16)27(23,24)15-25-17-7-5-4-6-8-17/h4-8,11,16,23-24H,9-10,12-15H2,1-3H3/p+1. The molecule has 6 nitrogen and oxygen atoms in total. The molecule has 1 atom stereocenters. The van der Waals surface area contributed by atoms with Gasteiger partial charge in [-0.1, -0.05) is 18.2 Å². The van der Waals surface area contributed by atoms with E-state index in [-0.39, 0.29) is 6.35 Å². The summed E-state index contributed by atoms with van der Waals surface area (Å²) < 4.78 is 10.7. The largest absolute Gasteiger partial charge is 0.453 e. The van der Waals surface area contributed by atoms with E-state index in [0.717, 1.165) is 19.3 Å². The summed E-state index contributed by atoms with van der Waals surface area (Å²) in [5.41, 5.74) is -0.496. The van der Waals surface area contributed by atoms with Crippen LogP contribution in [0.15, 0.2) is 41.7 Å². The third kappa shape index (κ3) is 7.87. The first kappa shape index (κ1) is 21.7. The molecule has 0 fully saturated rings. The fourth-order valence-corrected chi connectivity index (χ4v) is 4.30. The molecule has 27 heavy (non-hydrogen) atoms. The van der Waals surface area contributed by atoms with Crippen LogP contribution in [0.4, 0.5) is 4.79 Å². The Labute approximate surface area is 162 Å². The Hall–Kier alpha value is -1.62. The quantitative estimate of drug-likeness (QED) is 0.593. The first-order valence-corrected chi connectivity index (χ1v) is 11.2. The molecule has 1 aliphatic rings. The molecule has 0 saturated carbocycles. The average molecular weight is 396 g/mol. The van der Waals surface area contributed by atoms with E-state index in [1.807, 2.05) is 45.0 Å². The summed E-state index contributed by atoms with van der Waals surface area (Å²) in [5, 5.41) is 3.48. The Balaban J connectivity index is 1.74. The third-order valence-corrected chi connectivity index (χ3v) is 6.15. The van der Waals surface area contributed by atoms with E-state index in [0.29, 0.717) is 29.9 Å². The summed E-state index contributed by atoms with van der Waals surface area (Å²) in [6.07, 6.45) is 4.58. The maximum Gasteiger partial charge on any atom is 0.407 e. The molecule has 1 amide bonds. The SMILES string of the molecule is CC(C)(C)OC(=O)NCCC1CC=C([P+](O)(O)COc2ccccc2)CC1. The summed E-state index contributed by atoms with van der Waals surface area (Å²) in [4.78, 5) is 32.5. The zero-order valence-corrected chi connectivity index (χ0v) is 17.2. The molecule has 1 aromatic rings. The molecule has 1 unspecified atom stereocenters. The molecule has 7 heteroatoms. The fourth-order valence-electron chi connectivity index (χ4n) is 2.92. The van der Waals surface area contributed by atoms with Crippen molar-refractivity contribution in [3.05, 3.63) is 41.7 Å². The van der Waals surface area contributed by atoms with Crippen LogP contribution in [0.2, 0.25) is 0 Å². The lowest BCUT2D eigenvalue weighted by molar-refractivity contribution is 0.0524. The number of ether oxygens (including phenoxy) is 2. The van der Waals surface area contributed by atoms with Gasteiger partial charge in [0.25, 0.3) is 6.35 Å². The van der Waals surface area contributed by atoms with Gasteiger partial charge in [-0.15, -0.1) is 0 Å². The normalized spacial score (nSPS) is 17.8. The van der Waals surface area contributed by atoms with Gasteiger partial charge < -0.3 is 14.8 Å². The topological polar surface area (TPSA) is 88.0 Å². The lowest BCUT2D eigenvalue weighted by atomic mass is 9.91. The molecular weight excluding hydrogens is 365 g/mol. The molecule has 2 rings (SSSR count). The second kappa shape index (κ2) is 9.54. The van der Waals surface area contributed by atoms with Crippen molar-refractivity contribution in [3.63, 3.8) is 0 Å². The molecule has 3 N–H and O–H groups in total. The molecule has 0 aliphatic heterocycles. The summed E-state index contributed by atoms with van der Waals surface area (Å²) >= 11 is 0. The van der Waals surface area contributed by atoms with Gasteiger partial charge in [-0.25, -0.2) is 14.6 Å². The maximum atomic E-state index is 11.7. The van der Waals surface area contributed by atoms with Gasteiger partial charge in [0, 0.05) is 13.0 Å². The average Bonchev–Trinajstić information content (AvgIpc) is 2.60. The van der Waals surface area contributed by atoms with Gasteiger partial charge in [0.15, 0.2) is 0 Å². The van der Waals surface area contributed by atoms with Crippen molar-refractivity contribution in [1.82, 2.24) is 5.32 Å². The van der Waals surface area contributed by atoms with Crippen LogP contribution in [0.3, 0.4) is 0 Å². The van der Waals surface area contributed by atoms with E-state index < -0.39 is 19.4 Å². The monoisotopic (exact) mass is 396 g/mol. The molecule has 0 spiro atoms. The van der Waals surface area contributed by atoms with Crippen LogP contribution in [0.5, 0.6) is 5.75 Å². The minimum absolute atomic E-state index is 0.0896. The Bertz CT molecular complexity index is 640. The lowest BCUT2D eigenvalue weighted by Crippen LogP contribution is -2.33. The number of allylic oxidation sites excluding steroid dienone is 2. The smallest absolute Gasteiger partial charge is 0.407 e. The number of para-hydroxylation sites is 1. The summed E-state index contributed by atoms with van der Waals surface area (Å²) in [5.74, 6) is 1.05. The van der Waals surface area contributed by atoms with Crippen LogP contribution in [-0.4, -0.2) is 34.4 Å². The Morgan fingerprint density at radius 1 is 1.26 bits per heavy atom. The van der Waals surface area contributed by atoms with E-state index in [9.17, 15) is 14.6 Å². The molecule has 150 valence electrons. The van der Waals surface area contributed by atoms with Crippen LogP contribution in [0.1, 0.15) is 46.5 Å². The number of carbonyl (C=O) groups excluding carboxylic acids is 1. The second-order valence-electron chi connectivity index (χ2n) is 7.87. The zero-order valence-electron chi connectivity index (χ0n) is 16.4. The number of benzene rings is 1. The molecule has 0 aromatic heterocycles. The maximum absolute atomic E-state index is 11.7. The van der Waals surface area contributed by atoms with Crippen LogP contribution in [-0.2, 0) is 4.74 Å². The first-order chi connectivity index (χ1) is 12.7. The molecule has 0 bridgehead atoms. The number of nitrogens with one attached hydrogen (secondary N) is 1. The molecule has 1 aromatic carbocycles. The molecule has 0 saturated heterocycles. The number of carbonyl (C=O) groups is 1. The van der Waals surface area contributed by atoms with Crippen LogP contribution < -0.4 is 10.1 Å². The Morgan fingerprint density at radius 2 is 1.96 bits per heavy atom. The summed E-state index contributed by atoms with van der Waals surface area (Å²) in [6, 6.07) is 9.17. The first-order valence-electron chi connectivity index (χ1n) is 9.33. The predicted molar refractivity (Wildman–Crippen MR) is 108 cm³/mol. The van der Waals surface area contributed by atoms with Crippen LogP contribution >= 0.6 is 7.72 Å². The number of hydrogen-bond acceptors (Lipinski definition) is 5. The third-order valence-electron chi connectivity index (χ3n) is 4.33. The van der Waals surface area contributed by atoms with Crippen molar-refractivity contribution in [2.24, 2.45) is 5.92 Å². The van der Waals surface area contributed by atoms with Crippen LogP contribution in [0, 0.1) is 5.92 Å².